The molecule has 1 unspecified atom stereocenters. The monoisotopic (exact) mass is 448 g/mol. The fraction of sp³-hybridized carbons (Fsp3) is 0.385. The van der Waals surface area contributed by atoms with Gasteiger partial charge in [0.2, 0.25) is 0 Å². The van der Waals surface area contributed by atoms with Gasteiger partial charge in [-0.15, -0.1) is 0 Å². The fourth-order valence-corrected chi connectivity index (χ4v) is 4.87. The average molecular weight is 449 g/mol. The zero-order valence-electron chi connectivity index (χ0n) is 18.6. The molecule has 6 nitrogen and oxygen atoms in total. The first kappa shape index (κ1) is 21.6. The highest BCUT2D eigenvalue weighted by Gasteiger charge is 2.31. The van der Waals surface area contributed by atoms with Gasteiger partial charge in [0.05, 0.1) is 24.0 Å². The molecule has 1 aromatic heterocycles. The Morgan fingerprint density at radius 3 is 2.58 bits per heavy atom. The molecule has 2 saturated heterocycles. The van der Waals surface area contributed by atoms with Gasteiger partial charge in [-0.05, 0) is 68.5 Å². The summed E-state index contributed by atoms with van der Waals surface area (Å²) in [5.74, 6) is 0.456. The lowest BCUT2D eigenvalue weighted by Crippen LogP contribution is -2.39. The second kappa shape index (κ2) is 9.35. The summed E-state index contributed by atoms with van der Waals surface area (Å²) in [5.41, 5.74) is 3.24. The van der Waals surface area contributed by atoms with Crippen molar-refractivity contribution in [2.45, 2.75) is 44.2 Å². The summed E-state index contributed by atoms with van der Waals surface area (Å²) in [6.07, 6.45) is 5.90. The predicted molar refractivity (Wildman–Crippen MR) is 126 cm³/mol. The van der Waals surface area contributed by atoms with Crippen molar-refractivity contribution in [2.75, 3.05) is 24.5 Å². The number of aromatic nitrogens is 2. The van der Waals surface area contributed by atoms with Crippen LogP contribution in [0.2, 0.25) is 0 Å². The molecular weight excluding hydrogens is 419 g/mol. The van der Waals surface area contributed by atoms with E-state index >= 15 is 0 Å². The van der Waals surface area contributed by atoms with E-state index in [9.17, 15) is 14.3 Å². The van der Waals surface area contributed by atoms with Crippen LogP contribution in [-0.2, 0) is 0 Å². The van der Waals surface area contributed by atoms with Gasteiger partial charge in [-0.1, -0.05) is 12.1 Å². The Morgan fingerprint density at radius 1 is 1.03 bits per heavy atom. The zero-order valence-corrected chi connectivity index (χ0v) is 18.6. The van der Waals surface area contributed by atoms with E-state index in [4.69, 9.17) is 0 Å². The van der Waals surface area contributed by atoms with Crippen molar-refractivity contribution in [3.63, 3.8) is 0 Å². The number of H-pyrrole nitrogens is 1. The lowest BCUT2D eigenvalue weighted by Gasteiger charge is -2.35. The SMILES string of the molecule is O=C(c1ccc(N2CCC(O)CC2)cc1)N1CCCCC1c1ncc(-c2cccc(F)c2)[nH]1. The molecule has 7 heteroatoms. The first-order chi connectivity index (χ1) is 16.1. The van der Waals surface area contributed by atoms with Crippen molar-refractivity contribution in [1.82, 2.24) is 14.9 Å². The number of aromatic amines is 1. The Labute approximate surface area is 193 Å². The van der Waals surface area contributed by atoms with Crippen LogP contribution in [0.3, 0.4) is 0 Å². The van der Waals surface area contributed by atoms with Gasteiger partial charge < -0.3 is 19.9 Å². The third kappa shape index (κ3) is 4.64. The van der Waals surface area contributed by atoms with Crippen LogP contribution in [0.5, 0.6) is 0 Å². The molecular formula is C26H29FN4O2. The van der Waals surface area contributed by atoms with Crippen LogP contribution in [0.25, 0.3) is 11.3 Å². The van der Waals surface area contributed by atoms with Crippen LogP contribution in [0.15, 0.2) is 54.7 Å². The summed E-state index contributed by atoms with van der Waals surface area (Å²) in [7, 11) is 0. The molecule has 3 heterocycles. The van der Waals surface area contributed by atoms with Crippen molar-refractivity contribution < 1.29 is 14.3 Å². The number of imidazole rings is 1. The maximum absolute atomic E-state index is 13.6. The summed E-state index contributed by atoms with van der Waals surface area (Å²) in [4.78, 5) is 25.5. The summed E-state index contributed by atoms with van der Waals surface area (Å²) >= 11 is 0. The van der Waals surface area contributed by atoms with E-state index < -0.39 is 0 Å². The first-order valence-electron chi connectivity index (χ1n) is 11.7. The third-order valence-electron chi connectivity index (χ3n) is 6.75. The number of anilines is 1. The number of carbonyl (C=O) groups is 1. The molecule has 2 aliphatic heterocycles. The molecule has 0 bridgehead atoms. The number of nitrogens with one attached hydrogen (secondary N) is 1. The van der Waals surface area contributed by atoms with E-state index in [1.807, 2.05) is 35.2 Å². The molecule has 2 fully saturated rings. The van der Waals surface area contributed by atoms with Crippen LogP contribution in [0.4, 0.5) is 10.1 Å². The van der Waals surface area contributed by atoms with Gasteiger partial charge >= 0.3 is 0 Å². The molecule has 2 N–H and O–H groups in total. The topological polar surface area (TPSA) is 72.5 Å². The Morgan fingerprint density at radius 2 is 1.82 bits per heavy atom. The highest BCUT2D eigenvalue weighted by atomic mass is 19.1. The Kier molecular flexibility index (Phi) is 6.13. The van der Waals surface area contributed by atoms with Crippen molar-refractivity contribution in [1.29, 1.82) is 0 Å². The molecule has 5 rings (SSSR count). The summed E-state index contributed by atoms with van der Waals surface area (Å²) in [6, 6.07) is 14.1. The van der Waals surface area contributed by atoms with E-state index in [1.54, 1.807) is 12.3 Å². The molecule has 0 aliphatic carbocycles. The van der Waals surface area contributed by atoms with Gasteiger partial charge in [0.15, 0.2) is 0 Å². The molecule has 172 valence electrons. The van der Waals surface area contributed by atoms with Gasteiger partial charge in [0.1, 0.15) is 11.6 Å². The minimum atomic E-state index is -0.290. The number of amides is 1. The van der Waals surface area contributed by atoms with Gasteiger partial charge in [-0.2, -0.15) is 0 Å². The van der Waals surface area contributed by atoms with Gasteiger partial charge in [-0.3, -0.25) is 4.79 Å². The number of carbonyl (C=O) groups excluding carboxylic acids is 1. The molecule has 0 spiro atoms. The average Bonchev–Trinajstić information content (AvgIpc) is 3.35. The van der Waals surface area contributed by atoms with E-state index in [-0.39, 0.29) is 23.9 Å². The van der Waals surface area contributed by atoms with Crippen LogP contribution in [-0.4, -0.2) is 51.6 Å². The number of halogens is 1. The van der Waals surface area contributed by atoms with Crippen LogP contribution in [0.1, 0.15) is 54.3 Å². The smallest absolute Gasteiger partial charge is 0.254 e. The number of likely N-dealkylation sites (tertiary alicyclic amines) is 1. The number of benzene rings is 2. The van der Waals surface area contributed by atoms with Crippen molar-refractivity contribution in [3.05, 3.63) is 71.9 Å². The lowest BCUT2D eigenvalue weighted by molar-refractivity contribution is 0.0601. The van der Waals surface area contributed by atoms with Crippen molar-refractivity contribution in [3.8, 4) is 11.3 Å². The molecule has 3 aromatic rings. The molecule has 1 atom stereocenters. The molecule has 1 amide bonds. The Bertz CT molecular complexity index is 1110. The number of aliphatic hydroxyl groups excluding tert-OH is 1. The number of rotatable bonds is 4. The first-order valence-corrected chi connectivity index (χ1v) is 11.7. The molecule has 0 saturated carbocycles. The normalized spacial score (nSPS) is 19.6. The summed E-state index contributed by atoms with van der Waals surface area (Å²) < 4.78 is 13.6. The van der Waals surface area contributed by atoms with Gasteiger partial charge in [-0.25, -0.2) is 9.37 Å². The minimum absolute atomic E-state index is 0.00372. The van der Waals surface area contributed by atoms with Crippen LogP contribution >= 0.6 is 0 Å². The standard InChI is InChI=1S/C26H29FN4O2/c27-20-5-3-4-19(16-20)23-17-28-25(29-23)24-6-1-2-13-31(24)26(33)18-7-9-21(10-8-18)30-14-11-22(32)12-15-30/h3-5,7-10,16-17,22,24,32H,1-2,6,11-15H2,(H,28,29). The third-order valence-corrected chi connectivity index (χ3v) is 6.75. The maximum Gasteiger partial charge on any atom is 0.254 e. The molecule has 2 aliphatic rings. The molecule has 33 heavy (non-hydrogen) atoms. The second-order valence-corrected chi connectivity index (χ2v) is 8.97. The van der Waals surface area contributed by atoms with E-state index in [1.165, 1.54) is 12.1 Å². The highest BCUT2D eigenvalue weighted by molar-refractivity contribution is 5.95. The highest BCUT2D eigenvalue weighted by Crippen LogP contribution is 2.32. The van der Waals surface area contributed by atoms with Crippen molar-refractivity contribution in [2.24, 2.45) is 0 Å². The lowest BCUT2D eigenvalue weighted by atomic mass is 10.00. The Balaban J connectivity index is 1.33. The number of hydrogen-bond acceptors (Lipinski definition) is 4. The van der Waals surface area contributed by atoms with Crippen LogP contribution in [0, 0.1) is 5.82 Å². The fourth-order valence-electron chi connectivity index (χ4n) is 4.87. The molecule has 0 radical (unpaired) electrons. The maximum atomic E-state index is 13.6. The second-order valence-electron chi connectivity index (χ2n) is 8.97. The van der Waals surface area contributed by atoms with Gasteiger partial charge in [0, 0.05) is 36.4 Å². The van der Waals surface area contributed by atoms with Crippen LogP contribution < -0.4 is 4.90 Å². The van der Waals surface area contributed by atoms with Crippen molar-refractivity contribution >= 4 is 11.6 Å². The molecule has 2 aromatic carbocycles. The van der Waals surface area contributed by atoms with E-state index in [2.05, 4.69) is 14.9 Å². The quantitative estimate of drug-likeness (QED) is 0.615. The number of piperidine rings is 2. The number of hydrogen-bond donors (Lipinski definition) is 2. The Hall–Kier alpha value is -3.19. The summed E-state index contributed by atoms with van der Waals surface area (Å²) in [6.45, 7) is 2.34. The largest absolute Gasteiger partial charge is 0.393 e. The number of nitrogens with zero attached hydrogens (tertiary/aromatic N) is 3. The van der Waals surface area contributed by atoms with Gasteiger partial charge in [0.25, 0.3) is 5.91 Å². The minimum Gasteiger partial charge on any atom is -0.393 e. The number of aliphatic hydroxyl groups is 1. The van der Waals surface area contributed by atoms with E-state index in [0.29, 0.717) is 12.1 Å². The summed E-state index contributed by atoms with van der Waals surface area (Å²) in [5, 5.41) is 9.73. The predicted octanol–water partition coefficient (Wildman–Crippen LogP) is 4.54. The van der Waals surface area contributed by atoms with E-state index in [0.717, 1.165) is 68.0 Å². The zero-order chi connectivity index (χ0) is 22.8.